The summed E-state index contributed by atoms with van der Waals surface area (Å²) in [6.45, 7) is 10.1. The largest absolute Gasteiger partial charge is 0.466 e. The molecule has 8 heteroatoms. The summed E-state index contributed by atoms with van der Waals surface area (Å²) < 4.78 is 11.1. The van der Waals surface area contributed by atoms with Gasteiger partial charge in [-0.25, -0.2) is 4.99 Å². The van der Waals surface area contributed by atoms with E-state index in [0.29, 0.717) is 11.7 Å². The number of rotatable bonds is 8. The Labute approximate surface area is 176 Å². The molecule has 1 aliphatic rings. The fourth-order valence-electron chi connectivity index (χ4n) is 3.45. The second-order valence-electron chi connectivity index (χ2n) is 7.53. The first-order valence-corrected chi connectivity index (χ1v) is 11.0. The Bertz CT molecular complexity index is 746. The summed E-state index contributed by atoms with van der Waals surface area (Å²) in [6.07, 6.45) is 1.79. The molecule has 0 radical (unpaired) electrons. The zero-order chi connectivity index (χ0) is 20.7. The maximum Gasteiger partial charge on any atom is 0.191 e. The first kappa shape index (κ1) is 21.8. The second-order valence-corrected chi connectivity index (χ2v) is 8.51. The van der Waals surface area contributed by atoms with Gasteiger partial charge in [-0.15, -0.1) is 11.3 Å². The van der Waals surface area contributed by atoms with Crippen molar-refractivity contribution in [2.75, 3.05) is 39.3 Å². The van der Waals surface area contributed by atoms with Crippen molar-refractivity contribution in [2.45, 2.75) is 38.5 Å². The summed E-state index contributed by atoms with van der Waals surface area (Å²) in [6, 6.07) is 8.06. The smallest absolute Gasteiger partial charge is 0.191 e. The zero-order valence-corrected chi connectivity index (χ0v) is 18.2. The van der Waals surface area contributed by atoms with E-state index in [1.165, 1.54) is 4.88 Å². The summed E-state index contributed by atoms with van der Waals surface area (Å²) in [5, 5.41) is 19.5. The van der Waals surface area contributed by atoms with Gasteiger partial charge in [0.2, 0.25) is 0 Å². The fraction of sp³-hybridized carbons (Fsp3) is 0.571. The molecule has 0 amide bonds. The molecule has 29 heavy (non-hydrogen) atoms. The maximum atomic E-state index is 10.7. The van der Waals surface area contributed by atoms with E-state index in [-0.39, 0.29) is 18.7 Å². The van der Waals surface area contributed by atoms with Gasteiger partial charge in [0.1, 0.15) is 11.4 Å². The van der Waals surface area contributed by atoms with Crippen LogP contribution in [0.4, 0.5) is 0 Å². The van der Waals surface area contributed by atoms with E-state index in [0.717, 1.165) is 32.8 Å². The number of nitrogens with zero attached hydrogens (tertiary/aromatic N) is 2. The third-order valence-electron chi connectivity index (χ3n) is 4.99. The molecule has 160 valence electrons. The van der Waals surface area contributed by atoms with E-state index in [9.17, 15) is 5.11 Å². The van der Waals surface area contributed by atoms with Crippen LogP contribution < -0.4 is 10.6 Å². The van der Waals surface area contributed by atoms with E-state index in [4.69, 9.17) is 9.15 Å². The molecule has 0 saturated carbocycles. The number of hydrogen-bond donors (Lipinski definition) is 3. The SMILES string of the molecule is CCNC(=NCC(C)(O)c1ccco1)NCC(c1cccs1)N1CCOC(C)C1. The lowest BCUT2D eigenvalue weighted by atomic mass is 10.0. The van der Waals surface area contributed by atoms with Crippen LogP contribution in [0.15, 0.2) is 45.3 Å². The number of morpholine rings is 1. The Morgan fingerprint density at radius 1 is 1.41 bits per heavy atom. The number of thiophene rings is 1. The van der Waals surface area contributed by atoms with Crippen LogP contribution in [-0.2, 0) is 10.3 Å². The number of aliphatic imine (C=N–C) groups is 1. The van der Waals surface area contributed by atoms with Gasteiger partial charge in [0, 0.05) is 31.1 Å². The third kappa shape index (κ3) is 6.05. The van der Waals surface area contributed by atoms with Crippen LogP contribution in [0.3, 0.4) is 0 Å². The second kappa shape index (κ2) is 10.2. The average molecular weight is 421 g/mol. The highest BCUT2D eigenvalue weighted by atomic mass is 32.1. The molecule has 7 nitrogen and oxygen atoms in total. The van der Waals surface area contributed by atoms with E-state index in [2.05, 4.69) is 45.0 Å². The fourth-order valence-corrected chi connectivity index (χ4v) is 4.31. The summed E-state index contributed by atoms with van der Waals surface area (Å²) >= 11 is 1.77. The monoisotopic (exact) mass is 420 g/mol. The molecule has 1 saturated heterocycles. The molecule has 0 spiro atoms. The molecule has 2 aromatic heterocycles. The Morgan fingerprint density at radius 2 is 2.28 bits per heavy atom. The van der Waals surface area contributed by atoms with Crippen molar-refractivity contribution in [1.82, 2.24) is 15.5 Å². The lowest BCUT2D eigenvalue weighted by Gasteiger charge is -2.37. The molecule has 1 fully saturated rings. The molecule has 1 aliphatic heterocycles. The van der Waals surface area contributed by atoms with Crippen molar-refractivity contribution in [2.24, 2.45) is 4.99 Å². The number of ether oxygens (including phenoxy) is 1. The Morgan fingerprint density at radius 3 is 2.93 bits per heavy atom. The summed E-state index contributed by atoms with van der Waals surface area (Å²) in [5.74, 6) is 1.19. The molecule has 3 unspecified atom stereocenters. The Hall–Kier alpha value is -1.87. The van der Waals surface area contributed by atoms with Crippen LogP contribution in [0.25, 0.3) is 0 Å². The molecule has 0 aromatic carbocycles. The van der Waals surface area contributed by atoms with Crippen LogP contribution in [0, 0.1) is 0 Å². The maximum absolute atomic E-state index is 10.7. The van der Waals surface area contributed by atoms with Gasteiger partial charge in [0.15, 0.2) is 5.96 Å². The third-order valence-corrected chi connectivity index (χ3v) is 5.96. The minimum absolute atomic E-state index is 0.202. The summed E-state index contributed by atoms with van der Waals surface area (Å²) in [7, 11) is 0. The molecule has 2 aromatic rings. The molecule has 3 heterocycles. The van der Waals surface area contributed by atoms with Gasteiger partial charge >= 0.3 is 0 Å². The van der Waals surface area contributed by atoms with Crippen molar-refractivity contribution in [3.63, 3.8) is 0 Å². The van der Waals surface area contributed by atoms with Gasteiger partial charge in [0.05, 0.1) is 31.6 Å². The minimum Gasteiger partial charge on any atom is -0.466 e. The first-order valence-electron chi connectivity index (χ1n) is 10.2. The van der Waals surface area contributed by atoms with Crippen molar-refractivity contribution >= 4 is 17.3 Å². The molecule has 0 bridgehead atoms. The van der Waals surface area contributed by atoms with Gasteiger partial charge in [-0.2, -0.15) is 0 Å². The quantitative estimate of drug-likeness (QED) is 0.450. The summed E-state index contributed by atoms with van der Waals surface area (Å²) in [5.41, 5.74) is -1.15. The van der Waals surface area contributed by atoms with Crippen LogP contribution in [0.2, 0.25) is 0 Å². The topological polar surface area (TPSA) is 82.3 Å². The van der Waals surface area contributed by atoms with Crippen molar-refractivity contribution in [3.05, 3.63) is 46.5 Å². The normalized spacial score (nSPS) is 21.5. The number of guanidine groups is 1. The molecular formula is C21H32N4O3S. The van der Waals surface area contributed by atoms with E-state index >= 15 is 0 Å². The molecular weight excluding hydrogens is 388 g/mol. The minimum atomic E-state index is -1.15. The van der Waals surface area contributed by atoms with Gasteiger partial charge in [0.25, 0.3) is 0 Å². The number of aliphatic hydroxyl groups is 1. The highest BCUT2D eigenvalue weighted by Gasteiger charge is 2.28. The highest BCUT2D eigenvalue weighted by molar-refractivity contribution is 7.10. The van der Waals surface area contributed by atoms with Gasteiger partial charge < -0.3 is 24.9 Å². The van der Waals surface area contributed by atoms with Gasteiger partial charge in [-0.3, -0.25) is 4.90 Å². The predicted molar refractivity (Wildman–Crippen MR) is 116 cm³/mol. The zero-order valence-electron chi connectivity index (χ0n) is 17.4. The number of nitrogens with one attached hydrogen (secondary N) is 2. The van der Waals surface area contributed by atoms with Crippen LogP contribution in [0.1, 0.15) is 37.5 Å². The van der Waals surface area contributed by atoms with Crippen molar-refractivity contribution in [3.8, 4) is 0 Å². The number of hydrogen-bond acceptors (Lipinski definition) is 6. The number of furan rings is 1. The van der Waals surface area contributed by atoms with E-state index in [1.807, 2.05) is 6.92 Å². The molecule has 3 rings (SSSR count). The highest BCUT2D eigenvalue weighted by Crippen LogP contribution is 2.26. The van der Waals surface area contributed by atoms with Crippen LogP contribution in [0.5, 0.6) is 0 Å². The van der Waals surface area contributed by atoms with Gasteiger partial charge in [-0.05, 0) is 44.4 Å². The van der Waals surface area contributed by atoms with Gasteiger partial charge in [-0.1, -0.05) is 6.07 Å². The Balaban J connectivity index is 1.68. The molecule has 0 aliphatic carbocycles. The van der Waals surface area contributed by atoms with E-state index < -0.39 is 5.60 Å². The van der Waals surface area contributed by atoms with E-state index in [1.54, 1.807) is 36.7 Å². The van der Waals surface area contributed by atoms with Crippen molar-refractivity contribution in [1.29, 1.82) is 0 Å². The van der Waals surface area contributed by atoms with Crippen LogP contribution in [-0.4, -0.2) is 61.4 Å². The average Bonchev–Trinajstić information content (AvgIpc) is 3.41. The summed E-state index contributed by atoms with van der Waals surface area (Å²) in [4.78, 5) is 8.39. The molecule has 3 atom stereocenters. The molecule has 3 N–H and O–H groups in total. The lowest BCUT2D eigenvalue weighted by Crippen LogP contribution is -2.48. The van der Waals surface area contributed by atoms with Crippen LogP contribution >= 0.6 is 11.3 Å². The first-order chi connectivity index (χ1) is 14.0. The standard InChI is InChI=1S/C21H32N4O3S/c1-4-22-20(24-15-21(3,26)19-8-5-10-28-19)23-13-17(18-7-6-12-29-18)25-9-11-27-16(2)14-25/h5-8,10,12,16-17,26H,4,9,11,13-15H2,1-3H3,(H2,22,23,24). The Kier molecular flexibility index (Phi) is 7.71. The lowest BCUT2D eigenvalue weighted by molar-refractivity contribution is -0.0334. The predicted octanol–water partition coefficient (Wildman–Crippen LogP) is 2.57. The van der Waals surface area contributed by atoms with Crippen molar-refractivity contribution < 1.29 is 14.3 Å².